The highest BCUT2D eigenvalue weighted by Crippen LogP contribution is 2.06. The van der Waals surface area contributed by atoms with E-state index in [1.807, 2.05) is 0 Å². The van der Waals surface area contributed by atoms with Gasteiger partial charge in [-0.25, -0.2) is 4.79 Å². The second-order valence-electron chi connectivity index (χ2n) is 2.34. The van der Waals surface area contributed by atoms with Crippen LogP contribution in [0.4, 0.5) is 5.69 Å². The molecule has 3 N–H and O–H groups in total. The third-order valence-electron chi connectivity index (χ3n) is 1.35. The molecule has 4 heteroatoms. The monoisotopic (exact) mass is 199 g/mol. The van der Waals surface area contributed by atoms with E-state index in [2.05, 4.69) is 0 Å². The van der Waals surface area contributed by atoms with Crippen molar-refractivity contribution in [1.29, 1.82) is 0 Å². The molecule has 1 rings (SSSR count). The molecular formula is C9H10ClNO2. The van der Waals surface area contributed by atoms with Gasteiger partial charge in [0.05, 0.1) is 0 Å². The zero-order chi connectivity index (χ0) is 8.97. The van der Waals surface area contributed by atoms with E-state index in [-0.39, 0.29) is 12.4 Å². The van der Waals surface area contributed by atoms with Crippen LogP contribution in [0.1, 0.15) is 5.56 Å². The molecule has 3 nitrogen and oxygen atoms in total. The van der Waals surface area contributed by atoms with Gasteiger partial charge in [0.2, 0.25) is 0 Å². The smallest absolute Gasteiger partial charge is 0.328 e. The van der Waals surface area contributed by atoms with Gasteiger partial charge in [0.25, 0.3) is 0 Å². The summed E-state index contributed by atoms with van der Waals surface area (Å²) in [7, 11) is 0. The van der Waals surface area contributed by atoms with Crippen LogP contribution in [0.25, 0.3) is 6.08 Å². The van der Waals surface area contributed by atoms with E-state index >= 15 is 0 Å². The van der Waals surface area contributed by atoms with E-state index in [1.165, 1.54) is 6.08 Å². The average molecular weight is 200 g/mol. The number of nitrogens with two attached hydrogens (primary N) is 1. The molecule has 0 amide bonds. The first-order chi connectivity index (χ1) is 5.68. The SMILES string of the molecule is Cl.Nc1ccc(/C=C/C(=O)O)cc1. The predicted octanol–water partition coefficient (Wildman–Crippen LogP) is 1.79. The van der Waals surface area contributed by atoms with Crippen molar-refractivity contribution in [3.8, 4) is 0 Å². The first-order valence-electron chi connectivity index (χ1n) is 3.45. The Labute approximate surface area is 82.3 Å². The quantitative estimate of drug-likeness (QED) is 0.564. The topological polar surface area (TPSA) is 63.3 Å². The molecule has 0 spiro atoms. The molecule has 0 heterocycles. The minimum atomic E-state index is -0.952. The first-order valence-corrected chi connectivity index (χ1v) is 3.45. The lowest BCUT2D eigenvalue weighted by Crippen LogP contribution is -1.86. The number of carbonyl (C=O) groups is 1. The Bertz CT molecular complexity index is 306. The summed E-state index contributed by atoms with van der Waals surface area (Å²) < 4.78 is 0. The fourth-order valence-electron chi connectivity index (χ4n) is 0.775. The van der Waals surface area contributed by atoms with Gasteiger partial charge < -0.3 is 10.8 Å². The van der Waals surface area contributed by atoms with E-state index in [4.69, 9.17) is 10.8 Å². The lowest BCUT2D eigenvalue weighted by atomic mass is 10.2. The number of hydrogen-bond donors (Lipinski definition) is 2. The molecular weight excluding hydrogens is 190 g/mol. The Morgan fingerprint density at radius 1 is 1.31 bits per heavy atom. The van der Waals surface area contributed by atoms with E-state index in [1.54, 1.807) is 24.3 Å². The second kappa shape index (κ2) is 5.22. The summed E-state index contributed by atoms with van der Waals surface area (Å²) in [5.41, 5.74) is 6.94. The Hall–Kier alpha value is -1.48. The van der Waals surface area contributed by atoms with Crippen LogP contribution in [0, 0.1) is 0 Å². The van der Waals surface area contributed by atoms with Crippen molar-refractivity contribution >= 4 is 30.1 Å². The van der Waals surface area contributed by atoms with Crippen molar-refractivity contribution in [1.82, 2.24) is 0 Å². The van der Waals surface area contributed by atoms with Crippen LogP contribution < -0.4 is 5.73 Å². The number of benzene rings is 1. The van der Waals surface area contributed by atoms with Crippen LogP contribution in [0.5, 0.6) is 0 Å². The Balaban J connectivity index is 0.00000144. The van der Waals surface area contributed by atoms with Gasteiger partial charge in [0, 0.05) is 11.8 Å². The van der Waals surface area contributed by atoms with Crippen LogP contribution in [0.3, 0.4) is 0 Å². The van der Waals surface area contributed by atoms with Crippen molar-refractivity contribution in [3.63, 3.8) is 0 Å². The number of halogens is 1. The van der Waals surface area contributed by atoms with Gasteiger partial charge in [-0.2, -0.15) is 0 Å². The Kier molecular flexibility index (Phi) is 4.62. The molecule has 0 saturated heterocycles. The van der Waals surface area contributed by atoms with Gasteiger partial charge in [-0.15, -0.1) is 12.4 Å². The van der Waals surface area contributed by atoms with Crippen molar-refractivity contribution < 1.29 is 9.90 Å². The average Bonchev–Trinajstić information content (AvgIpc) is 2.03. The number of anilines is 1. The predicted molar refractivity (Wildman–Crippen MR) is 54.8 cm³/mol. The molecule has 0 radical (unpaired) electrons. The van der Waals surface area contributed by atoms with E-state index in [0.717, 1.165) is 11.6 Å². The van der Waals surface area contributed by atoms with Crippen molar-refractivity contribution in [2.75, 3.05) is 5.73 Å². The highest BCUT2D eigenvalue weighted by molar-refractivity contribution is 5.85. The van der Waals surface area contributed by atoms with Crippen molar-refractivity contribution in [2.24, 2.45) is 0 Å². The second-order valence-corrected chi connectivity index (χ2v) is 2.34. The van der Waals surface area contributed by atoms with Crippen LogP contribution in [0.15, 0.2) is 30.3 Å². The number of nitrogen functional groups attached to an aromatic ring is 1. The number of carboxylic acids is 1. The van der Waals surface area contributed by atoms with Crippen molar-refractivity contribution in [2.45, 2.75) is 0 Å². The molecule has 0 aliphatic carbocycles. The number of rotatable bonds is 2. The highest BCUT2D eigenvalue weighted by atomic mass is 35.5. The summed E-state index contributed by atoms with van der Waals surface area (Å²) >= 11 is 0. The number of carboxylic acid groups (broad SMARTS) is 1. The van der Waals surface area contributed by atoms with Gasteiger partial charge in [-0.05, 0) is 23.8 Å². The summed E-state index contributed by atoms with van der Waals surface area (Å²) in [6.07, 6.45) is 2.60. The molecule has 70 valence electrons. The van der Waals surface area contributed by atoms with Gasteiger partial charge >= 0.3 is 5.97 Å². The molecule has 0 unspecified atom stereocenters. The Morgan fingerprint density at radius 3 is 2.31 bits per heavy atom. The normalized spacial score (nSPS) is 9.54. The van der Waals surface area contributed by atoms with Crippen LogP contribution in [-0.4, -0.2) is 11.1 Å². The summed E-state index contributed by atoms with van der Waals surface area (Å²) in [5.74, 6) is -0.952. The third-order valence-corrected chi connectivity index (χ3v) is 1.35. The van der Waals surface area contributed by atoms with Gasteiger partial charge in [0.15, 0.2) is 0 Å². The maximum Gasteiger partial charge on any atom is 0.328 e. The largest absolute Gasteiger partial charge is 0.478 e. The molecule has 13 heavy (non-hydrogen) atoms. The lowest BCUT2D eigenvalue weighted by Gasteiger charge is -1.92. The fraction of sp³-hybridized carbons (Fsp3) is 0. The standard InChI is InChI=1S/C9H9NO2.ClH/c10-8-4-1-7(2-5-8)3-6-9(11)12;/h1-6H,10H2,(H,11,12);1H/b6-3+;. The lowest BCUT2D eigenvalue weighted by molar-refractivity contribution is -0.131. The number of aliphatic carboxylic acids is 1. The highest BCUT2D eigenvalue weighted by Gasteiger charge is 1.88. The summed E-state index contributed by atoms with van der Waals surface area (Å²) in [5, 5.41) is 8.32. The summed E-state index contributed by atoms with van der Waals surface area (Å²) in [6.45, 7) is 0. The Morgan fingerprint density at radius 2 is 1.85 bits per heavy atom. The maximum atomic E-state index is 10.1. The summed E-state index contributed by atoms with van der Waals surface area (Å²) in [4.78, 5) is 10.1. The van der Waals surface area contributed by atoms with Crippen molar-refractivity contribution in [3.05, 3.63) is 35.9 Å². The number of hydrogen-bond acceptors (Lipinski definition) is 2. The zero-order valence-electron chi connectivity index (χ0n) is 6.81. The van der Waals surface area contributed by atoms with Gasteiger partial charge in [-0.3, -0.25) is 0 Å². The molecule has 0 atom stereocenters. The van der Waals surface area contributed by atoms with Crippen LogP contribution in [0.2, 0.25) is 0 Å². The summed E-state index contributed by atoms with van der Waals surface area (Å²) in [6, 6.07) is 6.96. The zero-order valence-corrected chi connectivity index (χ0v) is 7.62. The van der Waals surface area contributed by atoms with E-state index in [0.29, 0.717) is 5.69 Å². The van der Waals surface area contributed by atoms with Crippen LogP contribution >= 0.6 is 12.4 Å². The molecule has 0 saturated carbocycles. The van der Waals surface area contributed by atoms with E-state index in [9.17, 15) is 4.79 Å². The first kappa shape index (κ1) is 11.5. The molecule has 1 aromatic rings. The molecule has 0 aliphatic heterocycles. The van der Waals surface area contributed by atoms with E-state index < -0.39 is 5.97 Å². The van der Waals surface area contributed by atoms with Gasteiger partial charge in [-0.1, -0.05) is 12.1 Å². The maximum absolute atomic E-state index is 10.1. The minimum absolute atomic E-state index is 0. The van der Waals surface area contributed by atoms with Crippen LogP contribution in [-0.2, 0) is 4.79 Å². The fourth-order valence-corrected chi connectivity index (χ4v) is 0.775. The molecule has 0 aromatic heterocycles. The minimum Gasteiger partial charge on any atom is -0.478 e. The molecule has 0 aliphatic rings. The molecule has 1 aromatic carbocycles. The third kappa shape index (κ3) is 4.18. The van der Waals surface area contributed by atoms with Gasteiger partial charge in [0.1, 0.15) is 0 Å². The molecule has 0 bridgehead atoms. The molecule has 0 fully saturated rings.